The van der Waals surface area contributed by atoms with Gasteiger partial charge in [0.2, 0.25) is 0 Å². The van der Waals surface area contributed by atoms with Gasteiger partial charge in [-0.15, -0.1) is 0 Å². The van der Waals surface area contributed by atoms with Crippen LogP contribution in [0.5, 0.6) is 11.5 Å². The summed E-state index contributed by atoms with van der Waals surface area (Å²) in [6.07, 6.45) is 0. The molecule has 0 amide bonds. The fraction of sp³-hybridized carbons (Fsp3) is 0. The third-order valence-electron chi connectivity index (χ3n) is 2.21. The maximum absolute atomic E-state index is 11.1. The van der Waals surface area contributed by atoms with Crippen molar-refractivity contribution in [2.24, 2.45) is 0 Å². The van der Waals surface area contributed by atoms with Crippen molar-refractivity contribution < 1.29 is 23.2 Å². The summed E-state index contributed by atoms with van der Waals surface area (Å²) < 4.78 is 31.2. The Kier molecular flexibility index (Phi) is 2.25. The zero-order valence-electron chi connectivity index (χ0n) is 7.95. The van der Waals surface area contributed by atoms with E-state index in [0.717, 1.165) is 6.07 Å². The van der Waals surface area contributed by atoms with Crippen molar-refractivity contribution in [1.29, 1.82) is 0 Å². The lowest BCUT2D eigenvalue weighted by atomic mass is 10.1. The molecule has 0 aliphatic heterocycles. The van der Waals surface area contributed by atoms with Crippen LogP contribution in [0.15, 0.2) is 35.2 Å². The summed E-state index contributed by atoms with van der Waals surface area (Å²) in [7, 11) is -4.54. The highest BCUT2D eigenvalue weighted by Crippen LogP contribution is 2.36. The van der Waals surface area contributed by atoms with E-state index in [0.29, 0.717) is 0 Å². The van der Waals surface area contributed by atoms with Crippen molar-refractivity contribution in [1.82, 2.24) is 0 Å². The predicted molar refractivity (Wildman–Crippen MR) is 57.1 cm³/mol. The van der Waals surface area contributed by atoms with E-state index in [9.17, 15) is 18.6 Å². The van der Waals surface area contributed by atoms with Crippen LogP contribution in [0.2, 0.25) is 0 Å². The van der Waals surface area contributed by atoms with Crippen LogP contribution in [0.4, 0.5) is 0 Å². The second-order valence-electron chi connectivity index (χ2n) is 3.26. The molecule has 0 unspecified atom stereocenters. The van der Waals surface area contributed by atoms with Crippen molar-refractivity contribution in [3.63, 3.8) is 0 Å². The van der Waals surface area contributed by atoms with Gasteiger partial charge in [0.1, 0.15) is 16.4 Å². The summed E-state index contributed by atoms with van der Waals surface area (Å²) in [5.41, 5.74) is 0. The summed E-state index contributed by atoms with van der Waals surface area (Å²) in [5.74, 6) is -0.931. The van der Waals surface area contributed by atoms with Crippen LogP contribution < -0.4 is 0 Å². The SMILES string of the molecule is O=S(=O)(O)c1c(O)cc(O)c2ccccc12. The Balaban J connectivity index is 3.05. The number of phenols is 2. The Hall–Kier alpha value is -1.79. The molecule has 2 aromatic rings. The second-order valence-corrected chi connectivity index (χ2v) is 4.62. The summed E-state index contributed by atoms with van der Waals surface area (Å²) in [6.45, 7) is 0. The summed E-state index contributed by atoms with van der Waals surface area (Å²) in [5, 5.41) is 19.2. The van der Waals surface area contributed by atoms with Gasteiger partial charge in [-0.2, -0.15) is 8.42 Å². The number of aromatic hydroxyl groups is 2. The Morgan fingerprint density at radius 1 is 0.938 bits per heavy atom. The molecule has 0 saturated carbocycles. The van der Waals surface area contributed by atoms with E-state index in [4.69, 9.17) is 4.55 Å². The second kappa shape index (κ2) is 3.36. The fourth-order valence-corrected chi connectivity index (χ4v) is 2.37. The van der Waals surface area contributed by atoms with Gasteiger partial charge in [-0.3, -0.25) is 4.55 Å². The molecule has 0 bridgehead atoms. The first-order valence-corrected chi connectivity index (χ1v) is 5.76. The molecular formula is C10H8O5S. The zero-order valence-corrected chi connectivity index (χ0v) is 8.77. The van der Waals surface area contributed by atoms with Crippen molar-refractivity contribution >= 4 is 20.9 Å². The van der Waals surface area contributed by atoms with Crippen LogP contribution in [-0.4, -0.2) is 23.2 Å². The van der Waals surface area contributed by atoms with Crippen molar-refractivity contribution in [3.8, 4) is 11.5 Å². The van der Waals surface area contributed by atoms with Gasteiger partial charge in [-0.05, 0) is 0 Å². The number of hydrogen-bond donors (Lipinski definition) is 3. The van der Waals surface area contributed by atoms with E-state index in [2.05, 4.69) is 0 Å². The summed E-state index contributed by atoms with van der Waals surface area (Å²) >= 11 is 0. The van der Waals surface area contributed by atoms with Gasteiger partial charge in [-0.25, -0.2) is 0 Å². The highest BCUT2D eigenvalue weighted by molar-refractivity contribution is 7.86. The van der Waals surface area contributed by atoms with E-state index in [1.54, 1.807) is 6.07 Å². The lowest BCUT2D eigenvalue weighted by Crippen LogP contribution is -1.99. The van der Waals surface area contributed by atoms with E-state index in [-0.39, 0.29) is 16.5 Å². The molecule has 0 fully saturated rings. The Morgan fingerprint density at radius 2 is 1.50 bits per heavy atom. The maximum atomic E-state index is 11.1. The van der Waals surface area contributed by atoms with Crippen molar-refractivity contribution in [2.45, 2.75) is 4.90 Å². The lowest BCUT2D eigenvalue weighted by molar-refractivity contribution is 0.435. The zero-order chi connectivity index (χ0) is 11.9. The first-order chi connectivity index (χ1) is 7.41. The third-order valence-corrected chi connectivity index (χ3v) is 3.16. The van der Waals surface area contributed by atoms with Gasteiger partial charge < -0.3 is 10.2 Å². The molecule has 6 heteroatoms. The number of fused-ring (bicyclic) bond motifs is 1. The molecule has 5 nitrogen and oxygen atoms in total. The van der Waals surface area contributed by atoms with Crippen LogP contribution in [-0.2, 0) is 10.1 Å². The van der Waals surface area contributed by atoms with Crippen LogP contribution in [0.25, 0.3) is 10.8 Å². The van der Waals surface area contributed by atoms with Crippen LogP contribution in [0.3, 0.4) is 0 Å². The molecule has 0 saturated heterocycles. The highest BCUT2D eigenvalue weighted by atomic mass is 32.2. The molecule has 2 rings (SSSR count). The van der Waals surface area contributed by atoms with Gasteiger partial charge in [0.25, 0.3) is 10.1 Å². The number of phenolic OH excluding ortho intramolecular Hbond substituents is 2. The first-order valence-electron chi connectivity index (χ1n) is 4.32. The largest absolute Gasteiger partial charge is 0.507 e. The molecule has 0 atom stereocenters. The highest BCUT2D eigenvalue weighted by Gasteiger charge is 2.20. The molecule has 3 N–H and O–H groups in total. The van der Waals surface area contributed by atoms with Gasteiger partial charge >= 0.3 is 0 Å². The molecule has 0 aromatic heterocycles. The van der Waals surface area contributed by atoms with E-state index < -0.39 is 20.8 Å². The van der Waals surface area contributed by atoms with Gasteiger partial charge in [0.15, 0.2) is 0 Å². The minimum atomic E-state index is -4.54. The van der Waals surface area contributed by atoms with Crippen LogP contribution in [0, 0.1) is 0 Å². The Bertz CT molecular complexity index is 660. The van der Waals surface area contributed by atoms with Crippen molar-refractivity contribution in [2.75, 3.05) is 0 Å². The molecule has 16 heavy (non-hydrogen) atoms. The van der Waals surface area contributed by atoms with Crippen LogP contribution >= 0.6 is 0 Å². The van der Waals surface area contributed by atoms with Crippen LogP contribution in [0.1, 0.15) is 0 Å². The third kappa shape index (κ3) is 1.58. The molecule has 0 aliphatic carbocycles. The molecular weight excluding hydrogens is 232 g/mol. The Labute approximate surface area is 91.3 Å². The van der Waals surface area contributed by atoms with Gasteiger partial charge in [-0.1, -0.05) is 24.3 Å². The normalized spacial score (nSPS) is 11.8. The average Bonchev–Trinajstić information content (AvgIpc) is 2.15. The number of hydrogen-bond acceptors (Lipinski definition) is 4. The Morgan fingerprint density at radius 3 is 2.06 bits per heavy atom. The van der Waals surface area contributed by atoms with Crippen molar-refractivity contribution in [3.05, 3.63) is 30.3 Å². The summed E-state index contributed by atoms with van der Waals surface area (Å²) in [6, 6.07) is 6.89. The monoisotopic (exact) mass is 240 g/mol. The smallest absolute Gasteiger partial charge is 0.298 e. The van der Waals surface area contributed by atoms with Gasteiger partial charge in [0.05, 0.1) is 0 Å². The standard InChI is InChI=1S/C10H8O5S/c11-8-5-9(12)10(16(13,14)15)7-4-2-1-3-6(7)8/h1-5,11-12H,(H,13,14,15). The number of benzene rings is 2. The average molecular weight is 240 g/mol. The van der Waals surface area contributed by atoms with E-state index >= 15 is 0 Å². The van der Waals surface area contributed by atoms with E-state index in [1.165, 1.54) is 18.2 Å². The molecule has 0 spiro atoms. The lowest BCUT2D eigenvalue weighted by Gasteiger charge is -2.07. The first kappa shape index (κ1) is 10.7. The molecule has 0 heterocycles. The topological polar surface area (TPSA) is 94.8 Å². The minimum absolute atomic E-state index is 0.0718. The molecule has 2 aromatic carbocycles. The number of rotatable bonds is 1. The quantitative estimate of drug-likeness (QED) is 0.656. The summed E-state index contributed by atoms with van der Waals surface area (Å²) in [4.78, 5) is -0.596. The molecule has 0 aliphatic rings. The predicted octanol–water partition coefficient (Wildman–Crippen LogP) is 1.50. The van der Waals surface area contributed by atoms with E-state index in [1.807, 2.05) is 0 Å². The molecule has 0 radical (unpaired) electrons. The van der Waals surface area contributed by atoms with Gasteiger partial charge in [0, 0.05) is 16.8 Å². The maximum Gasteiger partial charge on any atom is 0.298 e. The fourth-order valence-electron chi connectivity index (χ4n) is 1.59. The molecule has 84 valence electrons. The minimum Gasteiger partial charge on any atom is -0.507 e.